The molecule has 3 rings (SSSR count). The number of benzene rings is 2. The van der Waals surface area contributed by atoms with Crippen LogP contribution in [-0.2, 0) is 11.3 Å². The van der Waals surface area contributed by atoms with Crippen molar-refractivity contribution in [2.45, 2.75) is 6.54 Å². The predicted molar refractivity (Wildman–Crippen MR) is 107 cm³/mol. The second-order valence-electron chi connectivity index (χ2n) is 6.76. The summed E-state index contributed by atoms with van der Waals surface area (Å²) in [6, 6.07) is 9.67. The molecule has 0 N–H and O–H groups in total. The summed E-state index contributed by atoms with van der Waals surface area (Å²) in [6.07, 6.45) is 3.20. The normalized spacial score (nSPS) is 12.8. The van der Waals surface area contributed by atoms with Crippen molar-refractivity contribution in [3.8, 4) is 11.5 Å². The molecule has 1 heterocycles. The van der Waals surface area contributed by atoms with Gasteiger partial charge in [-0.1, -0.05) is 23.7 Å². The third-order valence-corrected chi connectivity index (χ3v) is 4.56. The largest absolute Gasteiger partial charge is 0.454 e. The molecule has 0 bridgehead atoms. The molecule has 0 radical (unpaired) electrons. The smallest absolute Gasteiger partial charge is 0.246 e. The third-order valence-electron chi connectivity index (χ3n) is 4.28. The molecular weight excluding hydrogens is 383 g/mol. The summed E-state index contributed by atoms with van der Waals surface area (Å²) < 4.78 is 23.8. The van der Waals surface area contributed by atoms with E-state index in [0.29, 0.717) is 29.6 Å². The van der Waals surface area contributed by atoms with Crippen molar-refractivity contribution >= 4 is 23.6 Å². The summed E-state index contributed by atoms with van der Waals surface area (Å²) in [4.78, 5) is 16.5. The zero-order valence-corrected chi connectivity index (χ0v) is 16.6. The molecule has 5 nitrogen and oxygen atoms in total. The van der Waals surface area contributed by atoms with Gasteiger partial charge in [-0.15, -0.1) is 0 Å². The van der Waals surface area contributed by atoms with E-state index in [4.69, 9.17) is 21.1 Å². The number of halogens is 2. The topological polar surface area (TPSA) is 42.0 Å². The van der Waals surface area contributed by atoms with Crippen LogP contribution in [0.3, 0.4) is 0 Å². The zero-order valence-electron chi connectivity index (χ0n) is 15.8. The monoisotopic (exact) mass is 404 g/mol. The minimum atomic E-state index is -0.297. The van der Waals surface area contributed by atoms with Gasteiger partial charge >= 0.3 is 0 Å². The van der Waals surface area contributed by atoms with Crippen molar-refractivity contribution in [1.82, 2.24) is 9.80 Å². The first-order valence-electron chi connectivity index (χ1n) is 8.87. The quantitative estimate of drug-likeness (QED) is 0.658. The first kappa shape index (κ1) is 20.2. The summed E-state index contributed by atoms with van der Waals surface area (Å²) in [6.45, 7) is 1.81. The molecule has 148 valence electrons. The van der Waals surface area contributed by atoms with Gasteiger partial charge in [-0.25, -0.2) is 4.39 Å². The van der Waals surface area contributed by atoms with Crippen LogP contribution in [0.2, 0.25) is 5.02 Å². The number of amides is 1. The maximum Gasteiger partial charge on any atom is 0.246 e. The second kappa shape index (κ2) is 9.08. The Morgan fingerprint density at radius 2 is 1.93 bits per heavy atom. The number of hydrogen-bond acceptors (Lipinski definition) is 4. The lowest BCUT2D eigenvalue weighted by Gasteiger charge is -2.23. The highest BCUT2D eigenvalue weighted by Crippen LogP contribution is 2.40. The Balaban J connectivity index is 1.73. The van der Waals surface area contributed by atoms with Gasteiger partial charge in [0.15, 0.2) is 11.5 Å². The van der Waals surface area contributed by atoms with E-state index in [2.05, 4.69) is 0 Å². The van der Waals surface area contributed by atoms with Crippen LogP contribution < -0.4 is 9.47 Å². The third kappa shape index (κ3) is 5.24. The Labute approximate surface area is 168 Å². The van der Waals surface area contributed by atoms with Gasteiger partial charge in [-0.3, -0.25) is 4.79 Å². The Hall–Kier alpha value is -2.57. The predicted octanol–water partition coefficient (Wildman–Crippen LogP) is 3.81. The number of carbonyl (C=O) groups is 1. The molecule has 1 aliphatic rings. The molecule has 0 unspecified atom stereocenters. The van der Waals surface area contributed by atoms with Crippen LogP contribution in [0, 0.1) is 5.82 Å². The van der Waals surface area contributed by atoms with Crippen molar-refractivity contribution in [1.29, 1.82) is 0 Å². The van der Waals surface area contributed by atoms with E-state index in [1.165, 1.54) is 18.2 Å². The maximum absolute atomic E-state index is 13.1. The van der Waals surface area contributed by atoms with E-state index >= 15 is 0 Å². The second-order valence-corrected chi connectivity index (χ2v) is 7.17. The maximum atomic E-state index is 13.1. The number of rotatable bonds is 7. The Morgan fingerprint density at radius 1 is 1.18 bits per heavy atom. The standard InChI is InChI=1S/C21H22ClFN2O3/c1-24(2)9-10-25(13-15-3-6-17(23)7-4-15)20(26)8-5-16-11-18(22)21-19(12-16)27-14-28-21/h3-8,11-12H,9-10,13-14H2,1-2H3/b8-5+. The van der Waals surface area contributed by atoms with Gasteiger partial charge in [-0.2, -0.15) is 0 Å². The van der Waals surface area contributed by atoms with Gasteiger partial charge in [-0.05, 0) is 55.6 Å². The molecule has 2 aromatic rings. The fourth-order valence-corrected chi connectivity index (χ4v) is 3.03. The van der Waals surface area contributed by atoms with Gasteiger partial charge in [0.25, 0.3) is 0 Å². The van der Waals surface area contributed by atoms with Gasteiger partial charge < -0.3 is 19.3 Å². The average molecular weight is 405 g/mol. The van der Waals surface area contributed by atoms with E-state index in [-0.39, 0.29) is 18.5 Å². The van der Waals surface area contributed by atoms with E-state index < -0.39 is 0 Å². The molecule has 2 aromatic carbocycles. The number of carbonyl (C=O) groups excluding carboxylic acids is 1. The van der Waals surface area contributed by atoms with Crippen LogP contribution in [-0.4, -0.2) is 49.7 Å². The lowest BCUT2D eigenvalue weighted by molar-refractivity contribution is -0.126. The molecule has 0 saturated heterocycles. The number of fused-ring (bicyclic) bond motifs is 1. The number of likely N-dealkylation sites (N-methyl/N-ethyl adjacent to an activating group) is 1. The molecule has 7 heteroatoms. The Morgan fingerprint density at radius 3 is 2.64 bits per heavy atom. The molecule has 28 heavy (non-hydrogen) atoms. The van der Waals surface area contributed by atoms with E-state index in [1.54, 1.807) is 35.2 Å². The Kier molecular flexibility index (Phi) is 6.54. The summed E-state index contributed by atoms with van der Waals surface area (Å²) in [5, 5.41) is 0.442. The highest BCUT2D eigenvalue weighted by molar-refractivity contribution is 6.32. The summed E-state index contributed by atoms with van der Waals surface area (Å²) in [7, 11) is 3.90. The fourth-order valence-electron chi connectivity index (χ4n) is 2.75. The summed E-state index contributed by atoms with van der Waals surface area (Å²) in [5.41, 5.74) is 1.62. The fraction of sp³-hybridized carbons (Fsp3) is 0.286. The minimum absolute atomic E-state index is 0.136. The molecule has 0 spiro atoms. The van der Waals surface area contributed by atoms with Crippen molar-refractivity contribution in [2.75, 3.05) is 34.0 Å². The number of hydrogen-bond donors (Lipinski definition) is 0. The van der Waals surface area contributed by atoms with E-state index in [1.807, 2.05) is 19.0 Å². The van der Waals surface area contributed by atoms with Crippen LogP contribution in [0.4, 0.5) is 4.39 Å². The van der Waals surface area contributed by atoms with Crippen LogP contribution in [0.5, 0.6) is 11.5 Å². The molecule has 0 atom stereocenters. The highest BCUT2D eigenvalue weighted by Gasteiger charge is 2.18. The van der Waals surface area contributed by atoms with Crippen molar-refractivity contribution in [2.24, 2.45) is 0 Å². The summed E-state index contributed by atoms with van der Waals surface area (Å²) >= 11 is 6.19. The minimum Gasteiger partial charge on any atom is -0.454 e. The van der Waals surface area contributed by atoms with Gasteiger partial charge in [0, 0.05) is 25.7 Å². The molecule has 0 aromatic heterocycles. The van der Waals surface area contributed by atoms with E-state index in [9.17, 15) is 9.18 Å². The lowest BCUT2D eigenvalue weighted by Crippen LogP contribution is -2.35. The number of nitrogens with zero attached hydrogens (tertiary/aromatic N) is 2. The van der Waals surface area contributed by atoms with Crippen LogP contribution in [0.25, 0.3) is 6.08 Å². The molecular formula is C21H22ClFN2O3. The van der Waals surface area contributed by atoms with Crippen molar-refractivity contribution in [3.63, 3.8) is 0 Å². The first-order valence-corrected chi connectivity index (χ1v) is 9.25. The van der Waals surface area contributed by atoms with Gasteiger partial charge in [0.2, 0.25) is 12.7 Å². The average Bonchev–Trinajstić information content (AvgIpc) is 3.14. The van der Waals surface area contributed by atoms with Crippen LogP contribution in [0.1, 0.15) is 11.1 Å². The molecule has 0 fully saturated rings. The van der Waals surface area contributed by atoms with Crippen molar-refractivity contribution < 1.29 is 18.7 Å². The van der Waals surface area contributed by atoms with Gasteiger partial charge in [0.05, 0.1) is 5.02 Å². The molecule has 1 aliphatic heterocycles. The highest BCUT2D eigenvalue weighted by atomic mass is 35.5. The van der Waals surface area contributed by atoms with Crippen LogP contribution in [0.15, 0.2) is 42.5 Å². The summed E-state index contributed by atoms with van der Waals surface area (Å²) in [5.74, 6) is 0.652. The molecule has 1 amide bonds. The van der Waals surface area contributed by atoms with Crippen molar-refractivity contribution in [3.05, 3.63) is 64.4 Å². The van der Waals surface area contributed by atoms with Gasteiger partial charge in [0.1, 0.15) is 5.82 Å². The molecule has 0 aliphatic carbocycles. The van der Waals surface area contributed by atoms with Crippen LogP contribution >= 0.6 is 11.6 Å². The SMILES string of the molecule is CN(C)CCN(Cc1ccc(F)cc1)C(=O)/C=C/c1cc(Cl)c2c(c1)OCO2. The Bertz CT molecular complexity index is 869. The van der Waals surface area contributed by atoms with E-state index in [0.717, 1.165) is 17.7 Å². The first-order chi connectivity index (χ1) is 13.4. The zero-order chi connectivity index (χ0) is 20.1. The number of ether oxygens (including phenoxy) is 2. The lowest BCUT2D eigenvalue weighted by atomic mass is 10.1. The molecule has 0 saturated carbocycles.